The third-order valence-electron chi connectivity index (χ3n) is 4.37. The Bertz CT molecular complexity index is 756. The monoisotopic (exact) mass is 358 g/mol. The van der Waals surface area contributed by atoms with Crippen LogP contribution >= 0.6 is 0 Å². The van der Waals surface area contributed by atoms with E-state index in [1.807, 2.05) is 42.7 Å². The topological polar surface area (TPSA) is 86.5 Å². The highest BCUT2D eigenvalue weighted by Crippen LogP contribution is 2.22. The van der Waals surface area contributed by atoms with Gasteiger partial charge < -0.3 is 20.2 Å². The van der Waals surface area contributed by atoms with Gasteiger partial charge in [-0.15, -0.1) is 0 Å². The second kappa shape index (κ2) is 7.84. The molecular weight excluding hydrogens is 332 g/mol. The van der Waals surface area contributed by atoms with Crippen LogP contribution in [0.25, 0.3) is 0 Å². The van der Waals surface area contributed by atoms with Crippen LogP contribution in [-0.4, -0.2) is 64.4 Å². The van der Waals surface area contributed by atoms with E-state index in [-0.39, 0.29) is 5.91 Å². The van der Waals surface area contributed by atoms with Crippen LogP contribution < -0.4 is 10.2 Å². The number of pyridine rings is 1. The minimum absolute atomic E-state index is 0.109. The normalized spacial score (nSPS) is 15.0. The van der Waals surface area contributed by atoms with E-state index in [0.29, 0.717) is 30.9 Å². The fourth-order valence-electron chi connectivity index (χ4n) is 3.06. The molecular formula is C18H26N6O2. The predicted octanol–water partition coefficient (Wildman–Crippen LogP) is 0.643. The molecule has 1 atom stereocenters. The maximum Gasteiger partial charge on any atom is 0.252 e. The van der Waals surface area contributed by atoms with Gasteiger partial charge in [0, 0.05) is 25.8 Å². The number of likely N-dealkylation sites (N-methyl/N-ethyl adjacent to an activating group) is 1. The lowest BCUT2D eigenvalue weighted by Gasteiger charge is -2.28. The number of aliphatic hydroxyl groups excluding tert-OH is 1. The minimum atomic E-state index is -0.592. The molecule has 3 heterocycles. The van der Waals surface area contributed by atoms with Crippen molar-refractivity contribution in [1.82, 2.24) is 25.0 Å². The van der Waals surface area contributed by atoms with Crippen LogP contribution in [-0.2, 0) is 13.1 Å². The van der Waals surface area contributed by atoms with Crippen molar-refractivity contribution in [3.63, 3.8) is 0 Å². The van der Waals surface area contributed by atoms with Crippen molar-refractivity contribution >= 4 is 11.7 Å². The number of rotatable bonds is 6. The number of hydrogen-bond acceptors (Lipinski definition) is 6. The molecule has 2 aromatic heterocycles. The quantitative estimate of drug-likeness (QED) is 0.788. The van der Waals surface area contributed by atoms with Gasteiger partial charge in [0.05, 0.1) is 30.0 Å². The Morgan fingerprint density at radius 2 is 2.19 bits per heavy atom. The maximum atomic E-state index is 11.8. The van der Waals surface area contributed by atoms with Crippen LogP contribution in [0.5, 0.6) is 0 Å². The highest BCUT2D eigenvalue weighted by Gasteiger charge is 2.22. The van der Waals surface area contributed by atoms with Crippen molar-refractivity contribution in [2.45, 2.75) is 26.1 Å². The predicted molar refractivity (Wildman–Crippen MR) is 99.0 cm³/mol. The molecule has 0 aliphatic carbocycles. The SMILES string of the molecule is CCNC(=O)c1ccc(N2CCn3nc([C@@H](O)CN(C)C)cc3C2)nc1. The van der Waals surface area contributed by atoms with Gasteiger partial charge in [0.1, 0.15) is 11.9 Å². The summed E-state index contributed by atoms with van der Waals surface area (Å²) in [6, 6.07) is 5.63. The first kappa shape index (κ1) is 18.3. The molecule has 0 saturated carbocycles. The van der Waals surface area contributed by atoms with Crippen LogP contribution in [0.2, 0.25) is 0 Å². The second-order valence-corrected chi connectivity index (χ2v) is 6.75. The second-order valence-electron chi connectivity index (χ2n) is 6.75. The first-order valence-electron chi connectivity index (χ1n) is 8.86. The van der Waals surface area contributed by atoms with E-state index in [4.69, 9.17) is 0 Å². The Morgan fingerprint density at radius 3 is 2.85 bits per heavy atom. The van der Waals surface area contributed by atoms with Crippen molar-refractivity contribution < 1.29 is 9.90 Å². The third-order valence-corrected chi connectivity index (χ3v) is 4.37. The zero-order valence-corrected chi connectivity index (χ0v) is 15.5. The van der Waals surface area contributed by atoms with E-state index in [0.717, 1.165) is 24.6 Å². The van der Waals surface area contributed by atoms with E-state index in [1.54, 1.807) is 12.3 Å². The number of carbonyl (C=O) groups excluding carboxylic acids is 1. The van der Waals surface area contributed by atoms with Crippen molar-refractivity contribution in [1.29, 1.82) is 0 Å². The lowest BCUT2D eigenvalue weighted by atomic mass is 10.2. The summed E-state index contributed by atoms with van der Waals surface area (Å²) in [4.78, 5) is 20.4. The molecule has 8 heteroatoms. The number of carbonyl (C=O) groups is 1. The zero-order chi connectivity index (χ0) is 18.7. The number of hydrogen-bond donors (Lipinski definition) is 2. The Morgan fingerprint density at radius 1 is 1.38 bits per heavy atom. The number of amides is 1. The average Bonchev–Trinajstić information content (AvgIpc) is 3.05. The Balaban J connectivity index is 1.70. The van der Waals surface area contributed by atoms with E-state index in [2.05, 4.69) is 20.3 Å². The first-order valence-corrected chi connectivity index (χ1v) is 8.86. The Kier molecular flexibility index (Phi) is 5.53. The number of nitrogens with zero attached hydrogens (tertiary/aromatic N) is 5. The van der Waals surface area contributed by atoms with Crippen LogP contribution in [0, 0.1) is 0 Å². The third kappa shape index (κ3) is 4.03. The molecule has 1 amide bonds. The van der Waals surface area contributed by atoms with E-state index in [9.17, 15) is 9.90 Å². The number of nitrogens with one attached hydrogen (secondary N) is 1. The number of aromatic nitrogens is 3. The molecule has 2 N–H and O–H groups in total. The Hall–Kier alpha value is -2.45. The molecule has 0 saturated heterocycles. The van der Waals surface area contributed by atoms with Gasteiger partial charge in [0.15, 0.2) is 0 Å². The number of anilines is 1. The fourth-order valence-corrected chi connectivity index (χ4v) is 3.06. The molecule has 0 unspecified atom stereocenters. The van der Waals surface area contributed by atoms with Gasteiger partial charge >= 0.3 is 0 Å². The molecule has 0 fully saturated rings. The molecule has 0 bridgehead atoms. The fraction of sp³-hybridized carbons (Fsp3) is 0.500. The van der Waals surface area contributed by atoms with Crippen LogP contribution in [0.1, 0.15) is 34.8 Å². The summed E-state index contributed by atoms with van der Waals surface area (Å²) in [5.74, 6) is 0.726. The van der Waals surface area contributed by atoms with Crippen LogP contribution in [0.15, 0.2) is 24.4 Å². The van der Waals surface area contributed by atoms with Crippen molar-refractivity contribution in [2.24, 2.45) is 0 Å². The lowest BCUT2D eigenvalue weighted by molar-refractivity contribution is 0.0955. The largest absolute Gasteiger partial charge is 0.385 e. The standard InChI is InChI=1S/C18H26N6O2/c1-4-19-18(26)13-5-6-17(20-10-13)23-7-8-24-14(11-23)9-15(21-24)16(25)12-22(2)3/h5-6,9-10,16,25H,4,7-8,11-12H2,1-3H3,(H,19,26)/t16-/m0/s1. The van der Waals surface area contributed by atoms with Crippen molar-refractivity contribution in [2.75, 3.05) is 38.6 Å². The van der Waals surface area contributed by atoms with Crippen molar-refractivity contribution in [3.8, 4) is 0 Å². The average molecular weight is 358 g/mol. The van der Waals surface area contributed by atoms with Gasteiger partial charge in [-0.05, 0) is 39.2 Å². The van der Waals surface area contributed by atoms with E-state index >= 15 is 0 Å². The molecule has 1 aliphatic heterocycles. The van der Waals surface area contributed by atoms with Gasteiger partial charge in [-0.2, -0.15) is 5.10 Å². The summed E-state index contributed by atoms with van der Waals surface area (Å²) >= 11 is 0. The first-order chi connectivity index (χ1) is 12.5. The Labute approximate surface area is 153 Å². The number of fused-ring (bicyclic) bond motifs is 1. The summed E-state index contributed by atoms with van der Waals surface area (Å²) in [5.41, 5.74) is 2.32. The molecule has 0 radical (unpaired) electrons. The molecule has 26 heavy (non-hydrogen) atoms. The maximum absolute atomic E-state index is 11.8. The molecule has 2 aromatic rings. The smallest absolute Gasteiger partial charge is 0.252 e. The summed E-state index contributed by atoms with van der Waals surface area (Å²) in [6.07, 6.45) is 1.02. The molecule has 140 valence electrons. The van der Waals surface area contributed by atoms with Gasteiger partial charge in [-0.25, -0.2) is 4.98 Å². The van der Waals surface area contributed by atoms with Crippen LogP contribution in [0.3, 0.4) is 0 Å². The summed E-state index contributed by atoms with van der Waals surface area (Å²) in [6.45, 7) is 5.23. The van der Waals surface area contributed by atoms with Crippen molar-refractivity contribution in [3.05, 3.63) is 41.3 Å². The molecule has 8 nitrogen and oxygen atoms in total. The molecule has 0 aromatic carbocycles. The molecule has 3 rings (SSSR count). The summed E-state index contributed by atoms with van der Waals surface area (Å²) < 4.78 is 1.95. The van der Waals surface area contributed by atoms with E-state index in [1.165, 1.54) is 0 Å². The van der Waals surface area contributed by atoms with Gasteiger partial charge in [-0.1, -0.05) is 0 Å². The number of aliphatic hydroxyl groups is 1. The highest BCUT2D eigenvalue weighted by atomic mass is 16.3. The highest BCUT2D eigenvalue weighted by molar-refractivity contribution is 5.93. The van der Waals surface area contributed by atoms with Gasteiger partial charge in [0.2, 0.25) is 0 Å². The zero-order valence-electron chi connectivity index (χ0n) is 15.5. The molecule has 1 aliphatic rings. The summed E-state index contributed by atoms with van der Waals surface area (Å²) in [5, 5.41) is 17.6. The van der Waals surface area contributed by atoms with Gasteiger partial charge in [0.25, 0.3) is 5.91 Å². The summed E-state index contributed by atoms with van der Waals surface area (Å²) in [7, 11) is 3.86. The van der Waals surface area contributed by atoms with E-state index < -0.39 is 6.10 Å². The minimum Gasteiger partial charge on any atom is -0.385 e. The lowest BCUT2D eigenvalue weighted by Crippen LogP contribution is -2.34. The van der Waals surface area contributed by atoms with Crippen LogP contribution in [0.4, 0.5) is 5.82 Å². The van der Waals surface area contributed by atoms with Gasteiger partial charge in [-0.3, -0.25) is 9.48 Å². The molecule has 0 spiro atoms.